The standard InChI is InChI=1S/C13H25BrO4/c1-15-5-2-6-16-9-10-18-12-13(11-14)3-7-17-8-4-13/h2-12H2,1H3. The summed E-state index contributed by atoms with van der Waals surface area (Å²) in [6, 6.07) is 0. The van der Waals surface area contributed by atoms with E-state index in [4.69, 9.17) is 18.9 Å². The Morgan fingerprint density at radius 1 is 1.06 bits per heavy atom. The lowest BCUT2D eigenvalue weighted by Gasteiger charge is -2.35. The van der Waals surface area contributed by atoms with E-state index < -0.39 is 0 Å². The second kappa shape index (κ2) is 10.1. The molecule has 0 N–H and O–H groups in total. The van der Waals surface area contributed by atoms with Gasteiger partial charge in [-0.2, -0.15) is 0 Å². The largest absolute Gasteiger partial charge is 0.385 e. The van der Waals surface area contributed by atoms with Gasteiger partial charge in [0.1, 0.15) is 0 Å². The first-order valence-corrected chi connectivity index (χ1v) is 7.73. The molecule has 0 saturated carbocycles. The van der Waals surface area contributed by atoms with E-state index in [2.05, 4.69) is 15.9 Å². The molecule has 18 heavy (non-hydrogen) atoms. The van der Waals surface area contributed by atoms with E-state index in [0.717, 1.165) is 57.6 Å². The average molecular weight is 325 g/mol. The van der Waals surface area contributed by atoms with E-state index in [1.54, 1.807) is 7.11 Å². The fraction of sp³-hybridized carbons (Fsp3) is 1.00. The van der Waals surface area contributed by atoms with Crippen molar-refractivity contribution in [2.75, 3.05) is 58.7 Å². The first kappa shape index (κ1) is 16.4. The maximum atomic E-state index is 5.73. The molecule has 0 amide bonds. The molecule has 1 aliphatic rings. The Hall–Kier alpha value is 0.320. The molecule has 0 unspecified atom stereocenters. The zero-order valence-corrected chi connectivity index (χ0v) is 12.9. The Morgan fingerprint density at radius 3 is 2.44 bits per heavy atom. The predicted octanol–water partition coefficient (Wildman–Crippen LogP) is 2.25. The van der Waals surface area contributed by atoms with Crippen molar-refractivity contribution in [2.24, 2.45) is 5.41 Å². The summed E-state index contributed by atoms with van der Waals surface area (Å²) in [5, 5.41) is 0.984. The lowest BCUT2D eigenvalue weighted by Crippen LogP contribution is -2.36. The number of rotatable bonds is 10. The third-order valence-electron chi connectivity index (χ3n) is 3.25. The molecule has 1 saturated heterocycles. The van der Waals surface area contributed by atoms with Crippen LogP contribution in [-0.4, -0.2) is 58.7 Å². The quantitative estimate of drug-likeness (QED) is 0.456. The van der Waals surface area contributed by atoms with E-state index in [1.807, 2.05) is 0 Å². The van der Waals surface area contributed by atoms with E-state index in [9.17, 15) is 0 Å². The molecule has 4 nitrogen and oxygen atoms in total. The third kappa shape index (κ3) is 6.48. The molecular formula is C13H25BrO4. The van der Waals surface area contributed by atoms with Crippen LogP contribution < -0.4 is 0 Å². The van der Waals surface area contributed by atoms with Gasteiger partial charge in [0.25, 0.3) is 0 Å². The summed E-state index contributed by atoms with van der Waals surface area (Å²) >= 11 is 3.60. The Balaban J connectivity index is 1.98. The first-order chi connectivity index (χ1) is 8.83. The van der Waals surface area contributed by atoms with Gasteiger partial charge in [0.2, 0.25) is 0 Å². The van der Waals surface area contributed by atoms with E-state index in [0.29, 0.717) is 13.2 Å². The van der Waals surface area contributed by atoms with Crippen molar-refractivity contribution in [1.29, 1.82) is 0 Å². The minimum Gasteiger partial charge on any atom is -0.385 e. The molecular weight excluding hydrogens is 300 g/mol. The van der Waals surface area contributed by atoms with Crippen molar-refractivity contribution in [3.05, 3.63) is 0 Å². The van der Waals surface area contributed by atoms with Gasteiger partial charge in [-0.25, -0.2) is 0 Å². The fourth-order valence-electron chi connectivity index (χ4n) is 1.93. The summed E-state index contributed by atoms with van der Waals surface area (Å²) in [5.41, 5.74) is 0.258. The zero-order chi connectivity index (χ0) is 13.1. The highest BCUT2D eigenvalue weighted by Crippen LogP contribution is 2.32. The maximum Gasteiger partial charge on any atom is 0.0700 e. The van der Waals surface area contributed by atoms with E-state index >= 15 is 0 Å². The number of ether oxygens (including phenoxy) is 4. The van der Waals surface area contributed by atoms with Gasteiger partial charge in [-0.1, -0.05) is 15.9 Å². The number of hydrogen-bond donors (Lipinski definition) is 0. The third-order valence-corrected chi connectivity index (χ3v) is 4.44. The Bertz CT molecular complexity index is 195. The maximum absolute atomic E-state index is 5.73. The average Bonchev–Trinajstić information content (AvgIpc) is 2.43. The van der Waals surface area contributed by atoms with Crippen LogP contribution in [0.25, 0.3) is 0 Å². The van der Waals surface area contributed by atoms with Crippen LogP contribution in [0, 0.1) is 5.41 Å². The van der Waals surface area contributed by atoms with Crippen LogP contribution in [0.1, 0.15) is 19.3 Å². The molecule has 1 aliphatic heterocycles. The summed E-state index contributed by atoms with van der Waals surface area (Å²) < 4.78 is 21.5. The van der Waals surface area contributed by atoms with Crippen molar-refractivity contribution in [1.82, 2.24) is 0 Å². The Morgan fingerprint density at radius 2 is 1.78 bits per heavy atom. The van der Waals surface area contributed by atoms with E-state index in [1.165, 1.54) is 0 Å². The van der Waals surface area contributed by atoms with Crippen molar-refractivity contribution in [3.8, 4) is 0 Å². The van der Waals surface area contributed by atoms with Crippen LogP contribution in [-0.2, 0) is 18.9 Å². The Labute approximate surface area is 118 Å². The smallest absolute Gasteiger partial charge is 0.0700 e. The van der Waals surface area contributed by atoms with Crippen LogP contribution >= 0.6 is 15.9 Å². The highest BCUT2D eigenvalue weighted by atomic mass is 79.9. The van der Waals surface area contributed by atoms with Gasteiger partial charge in [-0.15, -0.1) is 0 Å². The molecule has 0 aromatic carbocycles. The monoisotopic (exact) mass is 324 g/mol. The molecule has 108 valence electrons. The normalized spacial score (nSPS) is 19.0. The number of hydrogen-bond acceptors (Lipinski definition) is 4. The van der Waals surface area contributed by atoms with Crippen molar-refractivity contribution >= 4 is 15.9 Å². The molecule has 0 spiro atoms. The summed E-state index contributed by atoms with van der Waals surface area (Å²) in [6.07, 6.45) is 3.10. The van der Waals surface area contributed by atoms with Crippen LogP contribution in [0.3, 0.4) is 0 Å². The second-order valence-electron chi connectivity index (χ2n) is 4.76. The molecule has 0 radical (unpaired) electrons. The summed E-state index contributed by atoms with van der Waals surface area (Å²) in [4.78, 5) is 0. The lowest BCUT2D eigenvalue weighted by atomic mass is 9.83. The topological polar surface area (TPSA) is 36.9 Å². The van der Waals surface area contributed by atoms with Crippen LogP contribution in [0.5, 0.6) is 0 Å². The number of halogens is 1. The minimum absolute atomic E-state index is 0.258. The Kier molecular flexibility index (Phi) is 9.23. The molecule has 1 rings (SSSR count). The van der Waals surface area contributed by atoms with Gasteiger partial charge >= 0.3 is 0 Å². The molecule has 0 aromatic rings. The second-order valence-corrected chi connectivity index (χ2v) is 5.32. The molecule has 1 fully saturated rings. The number of methoxy groups -OCH3 is 1. The minimum atomic E-state index is 0.258. The summed E-state index contributed by atoms with van der Waals surface area (Å²) in [5.74, 6) is 0. The van der Waals surface area contributed by atoms with Gasteiger partial charge in [0.15, 0.2) is 0 Å². The molecule has 1 heterocycles. The highest BCUT2D eigenvalue weighted by Gasteiger charge is 2.31. The molecule has 0 bridgehead atoms. The van der Waals surface area contributed by atoms with Crippen molar-refractivity contribution < 1.29 is 18.9 Å². The summed E-state index contributed by atoms with van der Waals surface area (Å²) in [6.45, 7) is 5.33. The van der Waals surface area contributed by atoms with Crippen LogP contribution in [0.15, 0.2) is 0 Å². The van der Waals surface area contributed by atoms with Gasteiger partial charge in [0.05, 0.1) is 19.8 Å². The van der Waals surface area contributed by atoms with Crippen molar-refractivity contribution in [2.45, 2.75) is 19.3 Å². The summed E-state index contributed by atoms with van der Waals surface area (Å²) in [7, 11) is 1.71. The molecule has 0 aromatic heterocycles. The van der Waals surface area contributed by atoms with Gasteiger partial charge in [0, 0.05) is 44.3 Å². The highest BCUT2D eigenvalue weighted by molar-refractivity contribution is 9.09. The predicted molar refractivity (Wildman–Crippen MR) is 74.4 cm³/mol. The van der Waals surface area contributed by atoms with Gasteiger partial charge in [-0.05, 0) is 19.3 Å². The first-order valence-electron chi connectivity index (χ1n) is 6.61. The SMILES string of the molecule is COCCCOCCOCC1(CBr)CCOCC1. The van der Waals surface area contributed by atoms with Crippen molar-refractivity contribution in [3.63, 3.8) is 0 Å². The van der Waals surface area contributed by atoms with Gasteiger partial charge in [-0.3, -0.25) is 0 Å². The van der Waals surface area contributed by atoms with Gasteiger partial charge < -0.3 is 18.9 Å². The zero-order valence-electron chi connectivity index (χ0n) is 11.3. The lowest BCUT2D eigenvalue weighted by molar-refractivity contribution is -0.0396. The molecule has 5 heteroatoms. The van der Waals surface area contributed by atoms with Crippen LogP contribution in [0.2, 0.25) is 0 Å². The number of alkyl halides is 1. The molecule has 0 aliphatic carbocycles. The van der Waals surface area contributed by atoms with E-state index in [-0.39, 0.29) is 5.41 Å². The van der Waals surface area contributed by atoms with Crippen LogP contribution in [0.4, 0.5) is 0 Å². The molecule has 0 atom stereocenters. The fourth-order valence-corrected chi connectivity index (χ4v) is 2.66.